The van der Waals surface area contributed by atoms with Crippen molar-refractivity contribution >= 4 is 34.1 Å². The van der Waals surface area contributed by atoms with E-state index < -0.39 is 11.7 Å². The Balaban J connectivity index is 2.43. The molecule has 2 rings (SSSR count). The number of hydrogen-bond donors (Lipinski definition) is 1. The average Bonchev–Trinajstić information content (AvgIpc) is 2.40. The van der Waals surface area contributed by atoms with Crippen molar-refractivity contribution in [3.05, 3.63) is 63.2 Å². The highest BCUT2D eigenvalue weighted by molar-refractivity contribution is 14.1. The number of nitrogens with two attached hydrogens (primary N) is 1. The van der Waals surface area contributed by atoms with Gasteiger partial charge in [-0.2, -0.15) is 13.2 Å². The molecule has 0 aliphatic carbocycles. The van der Waals surface area contributed by atoms with Gasteiger partial charge in [0.15, 0.2) is 0 Å². The Morgan fingerprint density at radius 2 is 1.60 bits per heavy atom. The molecule has 0 amide bonds. The van der Waals surface area contributed by atoms with Crippen LogP contribution in [0.2, 0.25) is 0 Å². The van der Waals surface area contributed by atoms with Gasteiger partial charge in [-0.25, -0.2) is 4.99 Å². The van der Waals surface area contributed by atoms with E-state index >= 15 is 0 Å². The lowest BCUT2D eigenvalue weighted by Crippen LogP contribution is -2.19. The third-order valence-corrected chi connectivity index (χ3v) is 3.30. The van der Waals surface area contributed by atoms with Crippen LogP contribution in [0.4, 0.5) is 18.9 Å². The van der Waals surface area contributed by atoms with Gasteiger partial charge < -0.3 is 5.73 Å². The van der Waals surface area contributed by atoms with Crippen LogP contribution in [0.15, 0.2) is 53.5 Å². The van der Waals surface area contributed by atoms with Gasteiger partial charge in [0.05, 0.1) is 11.3 Å². The van der Waals surface area contributed by atoms with Gasteiger partial charge in [-0.15, -0.1) is 0 Å². The number of nitrogens with zero attached hydrogens (tertiary/aromatic N) is 1. The van der Waals surface area contributed by atoms with Crippen LogP contribution in [0.1, 0.15) is 11.1 Å². The molecule has 104 valence electrons. The second kappa shape index (κ2) is 5.82. The fourth-order valence-electron chi connectivity index (χ4n) is 1.67. The van der Waals surface area contributed by atoms with Crippen molar-refractivity contribution in [2.75, 3.05) is 0 Å². The Labute approximate surface area is 127 Å². The second-order valence-corrected chi connectivity index (χ2v) is 5.26. The first kappa shape index (κ1) is 14.8. The third-order valence-electron chi connectivity index (χ3n) is 2.58. The zero-order chi connectivity index (χ0) is 14.8. The summed E-state index contributed by atoms with van der Waals surface area (Å²) in [6.45, 7) is 0. The van der Waals surface area contributed by atoms with Gasteiger partial charge in [0.25, 0.3) is 0 Å². The molecule has 0 saturated carbocycles. The number of amidine groups is 1. The Morgan fingerprint density at radius 1 is 1.00 bits per heavy atom. The van der Waals surface area contributed by atoms with Gasteiger partial charge in [-0.1, -0.05) is 18.2 Å². The lowest BCUT2D eigenvalue weighted by molar-refractivity contribution is -0.137. The molecule has 0 heterocycles. The highest BCUT2D eigenvalue weighted by Gasteiger charge is 2.33. The Morgan fingerprint density at radius 3 is 2.20 bits per heavy atom. The summed E-state index contributed by atoms with van der Waals surface area (Å²) in [6.07, 6.45) is -4.46. The highest BCUT2D eigenvalue weighted by atomic mass is 127. The van der Waals surface area contributed by atoms with Crippen molar-refractivity contribution in [1.82, 2.24) is 0 Å². The smallest absolute Gasteiger partial charge is 0.383 e. The van der Waals surface area contributed by atoms with E-state index in [0.29, 0.717) is 5.69 Å². The topological polar surface area (TPSA) is 38.4 Å². The minimum Gasteiger partial charge on any atom is -0.383 e. The van der Waals surface area contributed by atoms with Crippen molar-refractivity contribution in [3.8, 4) is 0 Å². The van der Waals surface area contributed by atoms with Crippen LogP contribution >= 0.6 is 22.6 Å². The zero-order valence-electron chi connectivity index (χ0n) is 10.2. The summed E-state index contributed by atoms with van der Waals surface area (Å²) >= 11 is 2.13. The minimum absolute atomic E-state index is 0.112. The standard InChI is InChI=1S/C14H10F3IN2/c15-14(16,17)12-4-2-1-3-11(12)13(19)20-10-7-5-9(18)6-8-10/h1-8H,(H2,19,20). The molecule has 0 spiro atoms. The maximum absolute atomic E-state index is 12.9. The first-order valence-corrected chi connectivity index (χ1v) is 6.72. The number of aliphatic imine (C=N–C) groups is 1. The molecule has 0 radical (unpaired) electrons. The molecule has 0 saturated heterocycles. The number of halogens is 4. The highest BCUT2D eigenvalue weighted by Crippen LogP contribution is 2.32. The van der Waals surface area contributed by atoms with Crippen molar-refractivity contribution < 1.29 is 13.2 Å². The third kappa shape index (κ3) is 3.50. The minimum atomic E-state index is -4.46. The molecule has 6 heteroatoms. The summed E-state index contributed by atoms with van der Waals surface area (Å²) in [5, 5.41) is 0. The molecule has 20 heavy (non-hydrogen) atoms. The van der Waals surface area contributed by atoms with Crippen LogP contribution in [0, 0.1) is 3.57 Å². The maximum atomic E-state index is 12.9. The zero-order valence-corrected chi connectivity index (χ0v) is 12.3. The van der Waals surface area contributed by atoms with Gasteiger partial charge in [0.2, 0.25) is 0 Å². The van der Waals surface area contributed by atoms with E-state index in [-0.39, 0.29) is 11.4 Å². The van der Waals surface area contributed by atoms with Crippen LogP contribution in [-0.2, 0) is 6.18 Å². The van der Waals surface area contributed by atoms with Crippen LogP contribution in [-0.4, -0.2) is 5.84 Å². The number of alkyl halides is 3. The summed E-state index contributed by atoms with van der Waals surface area (Å²) in [4.78, 5) is 4.04. The summed E-state index contributed by atoms with van der Waals surface area (Å²) < 4.78 is 39.7. The van der Waals surface area contributed by atoms with Crippen molar-refractivity contribution in [1.29, 1.82) is 0 Å². The van der Waals surface area contributed by atoms with E-state index in [1.165, 1.54) is 18.2 Å². The number of hydrogen-bond acceptors (Lipinski definition) is 1. The molecule has 0 fully saturated rings. The van der Waals surface area contributed by atoms with Crippen LogP contribution in [0.25, 0.3) is 0 Å². The first-order valence-electron chi connectivity index (χ1n) is 5.64. The first-order chi connectivity index (χ1) is 9.38. The molecule has 0 aliphatic heterocycles. The second-order valence-electron chi connectivity index (χ2n) is 4.02. The molecule has 2 aromatic carbocycles. The quantitative estimate of drug-likeness (QED) is 0.462. The van der Waals surface area contributed by atoms with E-state index in [2.05, 4.69) is 27.6 Å². The van der Waals surface area contributed by atoms with Gasteiger partial charge >= 0.3 is 6.18 Å². The predicted molar refractivity (Wildman–Crippen MR) is 81.0 cm³/mol. The molecular weight excluding hydrogens is 380 g/mol. The Bertz CT molecular complexity index is 634. The van der Waals surface area contributed by atoms with Crippen LogP contribution in [0.3, 0.4) is 0 Å². The van der Waals surface area contributed by atoms with Crippen LogP contribution < -0.4 is 5.73 Å². The predicted octanol–water partition coefficient (Wildman–Crippen LogP) is 4.35. The lowest BCUT2D eigenvalue weighted by Gasteiger charge is -2.12. The molecule has 2 nitrogen and oxygen atoms in total. The normalized spacial score (nSPS) is 12.5. The van der Waals surface area contributed by atoms with Crippen molar-refractivity contribution in [2.24, 2.45) is 10.7 Å². The Hall–Kier alpha value is -1.57. The van der Waals surface area contributed by atoms with E-state index in [1.807, 2.05) is 12.1 Å². The molecule has 2 N–H and O–H groups in total. The van der Waals surface area contributed by atoms with E-state index in [1.54, 1.807) is 12.1 Å². The Kier molecular flexibility index (Phi) is 4.32. The van der Waals surface area contributed by atoms with E-state index in [0.717, 1.165) is 9.64 Å². The summed E-state index contributed by atoms with van der Waals surface area (Å²) in [7, 11) is 0. The van der Waals surface area contributed by atoms with Gasteiger partial charge in [-0.05, 0) is 52.9 Å². The lowest BCUT2D eigenvalue weighted by atomic mass is 10.1. The number of rotatable bonds is 2. The van der Waals surface area contributed by atoms with Gasteiger partial charge in [-0.3, -0.25) is 0 Å². The number of benzene rings is 2. The molecular formula is C14H10F3IN2. The SMILES string of the molecule is NC(=Nc1ccc(I)cc1)c1ccccc1C(F)(F)F. The average molecular weight is 390 g/mol. The van der Waals surface area contributed by atoms with E-state index in [9.17, 15) is 13.2 Å². The van der Waals surface area contributed by atoms with Crippen molar-refractivity contribution in [2.45, 2.75) is 6.18 Å². The van der Waals surface area contributed by atoms with Crippen molar-refractivity contribution in [3.63, 3.8) is 0 Å². The van der Waals surface area contributed by atoms with Crippen LogP contribution in [0.5, 0.6) is 0 Å². The summed E-state index contributed by atoms with van der Waals surface area (Å²) in [6, 6.07) is 12.1. The largest absolute Gasteiger partial charge is 0.417 e. The van der Waals surface area contributed by atoms with E-state index in [4.69, 9.17) is 5.73 Å². The molecule has 2 aromatic rings. The maximum Gasteiger partial charge on any atom is 0.417 e. The molecule has 0 aromatic heterocycles. The summed E-state index contributed by atoms with van der Waals surface area (Å²) in [5.41, 5.74) is 5.33. The van der Waals surface area contributed by atoms with Gasteiger partial charge in [0, 0.05) is 9.13 Å². The summed E-state index contributed by atoms with van der Waals surface area (Å²) in [5.74, 6) is -0.154. The van der Waals surface area contributed by atoms with Gasteiger partial charge in [0.1, 0.15) is 5.84 Å². The molecule has 0 atom stereocenters. The fourth-order valence-corrected chi connectivity index (χ4v) is 2.03. The molecule has 0 bridgehead atoms. The molecule has 0 aliphatic rings. The fraction of sp³-hybridized carbons (Fsp3) is 0.0714. The molecule has 0 unspecified atom stereocenters. The monoisotopic (exact) mass is 390 g/mol.